The second-order valence-corrected chi connectivity index (χ2v) is 9.82. The Hall–Kier alpha value is -1.44. The van der Waals surface area contributed by atoms with Gasteiger partial charge in [0.05, 0.1) is 6.10 Å². The predicted molar refractivity (Wildman–Crippen MR) is 103 cm³/mol. The third-order valence-electron chi connectivity index (χ3n) is 4.72. The summed E-state index contributed by atoms with van der Waals surface area (Å²) in [5.41, 5.74) is -1.79. The van der Waals surface area contributed by atoms with E-state index >= 15 is 0 Å². The van der Waals surface area contributed by atoms with E-state index in [1.165, 1.54) is 20.8 Å². The summed E-state index contributed by atoms with van der Waals surface area (Å²) >= 11 is 16.8. The molecule has 0 bridgehead atoms. The van der Waals surface area contributed by atoms with Gasteiger partial charge in [-0.1, -0.05) is 34.8 Å². The van der Waals surface area contributed by atoms with Crippen molar-refractivity contribution in [2.75, 3.05) is 0 Å². The molecule has 5 atom stereocenters. The Morgan fingerprint density at radius 3 is 1.94 bits per heavy atom. The van der Waals surface area contributed by atoms with Crippen LogP contribution in [0.15, 0.2) is 0 Å². The van der Waals surface area contributed by atoms with E-state index in [1.807, 2.05) is 0 Å². The molecule has 1 N–H and O–H groups in total. The number of hydrogen-bond acceptors (Lipinski definition) is 7. The van der Waals surface area contributed by atoms with E-state index in [1.54, 1.807) is 0 Å². The molecule has 2 aliphatic heterocycles. The molecule has 184 valence electrons. The van der Waals surface area contributed by atoms with E-state index in [9.17, 15) is 26.7 Å². The van der Waals surface area contributed by atoms with Gasteiger partial charge in [-0.2, -0.15) is 0 Å². The van der Waals surface area contributed by atoms with E-state index in [4.69, 9.17) is 63.9 Å². The fourth-order valence-electron chi connectivity index (χ4n) is 3.32. The van der Waals surface area contributed by atoms with Crippen molar-refractivity contribution in [1.82, 2.24) is 0 Å². The number of hydrogen-bond donors (Lipinski definition) is 1. The average Bonchev–Trinajstić information content (AvgIpc) is 3.02. The van der Waals surface area contributed by atoms with Crippen molar-refractivity contribution in [1.29, 1.82) is 5.41 Å². The first-order valence-corrected chi connectivity index (χ1v) is 10.2. The topological polar surface area (TPSA) is 87.1 Å². The number of nitrogens with one attached hydrogen (secondary N) is 1. The van der Waals surface area contributed by atoms with E-state index in [2.05, 4.69) is 0 Å². The number of esters is 1. The second-order valence-electron chi connectivity index (χ2n) is 7.53. The van der Waals surface area contributed by atoms with Crippen LogP contribution in [0.4, 0.5) is 22.0 Å². The quantitative estimate of drug-likeness (QED) is 0.115. The van der Waals surface area contributed by atoms with Crippen LogP contribution in [-0.2, 0) is 23.7 Å². The number of carbonyl (C=O) groups is 1. The summed E-state index contributed by atoms with van der Waals surface area (Å²) in [6, 6.07) is 0. The van der Waals surface area contributed by atoms with Gasteiger partial charge >= 0.3 is 5.97 Å². The highest BCUT2D eigenvalue weighted by Crippen LogP contribution is 2.40. The van der Waals surface area contributed by atoms with Crippen LogP contribution in [0.2, 0.25) is 0 Å². The molecular formula is C18H15Cl3F5NO6. The van der Waals surface area contributed by atoms with Gasteiger partial charge in [0.15, 0.2) is 41.3 Å². The number of rotatable bonds is 3. The summed E-state index contributed by atoms with van der Waals surface area (Å²) in [7, 11) is 0. The molecule has 2 fully saturated rings. The zero-order chi connectivity index (χ0) is 25.0. The average molecular weight is 543 g/mol. The predicted octanol–water partition coefficient (Wildman–Crippen LogP) is 4.54. The van der Waals surface area contributed by atoms with Gasteiger partial charge < -0.3 is 23.7 Å². The number of benzene rings is 1. The zero-order valence-electron chi connectivity index (χ0n) is 16.9. The first-order chi connectivity index (χ1) is 15.0. The summed E-state index contributed by atoms with van der Waals surface area (Å²) in [6.07, 6.45) is -6.44. The van der Waals surface area contributed by atoms with Crippen molar-refractivity contribution in [2.45, 2.75) is 61.1 Å². The molecular weight excluding hydrogens is 528 g/mol. The molecule has 15 heteroatoms. The lowest BCUT2D eigenvalue weighted by atomic mass is 9.99. The van der Waals surface area contributed by atoms with Gasteiger partial charge in [0.1, 0.15) is 11.7 Å². The second kappa shape index (κ2) is 8.97. The van der Waals surface area contributed by atoms with Gasteiger partial charge in [-0.25, -0.2) is 26.7 Å². The Morgan fingerprint density at radius 2 is 1.42 bits per heavy atom. The third-order valence-corrected chi connectivity index (χ3v) is 5.23. The first-order valence-electron chi connectivity index (χ1n) is 9.11. The van der Waals surface area contributed by atoms with Crippen molar-refractivity contribution in [3.8, 4) is 0 Å². The molecule has 3 rings (SSSR count). The molecule has 1 aromatic rings. The molecule has 33 heavy (non-hydrogen) atoms. The lowest BCUT2D eigenvalue weighted by molar-refractivity contribution is -0.246. The lowest BCUT2D eigenvalue weighted by Gasteiger charge is -2.40. The molecule has 7 nitrogen and oxygen atoms in total. The smallest absolute Gasteiger partial charge is 0.344 e. The van der Waals surface area contributed by atoms with Gasteiger partial charge in [-0.05, 0) is 20.8 Å². The number of carbonyl (C=O) groups excluding carboxylic acids is 1. The fourth-order valence-corrected chi connectivity index (χ4v) is 3.46. The van der Waals surface area contributed by atoms with E-state index in [0.717, 1.165) is 0 Å². The Morgan fingerprint density at radius 1 is 0.939 bits per heavy atom. The summed E-state index contributed by atoms with van der Waals surface area (Å²) in [4.78, 5) is 12.4. The number of alkyl halides is 3. The molecule has 0 aromatic heterocycles. The maximum atomic E-state index is 14.0. The normalized spacial score (nSPS) is 28.9. The fraction of sp³-hybridized carbons (Fsp3) is 0.556. The van der Waals surface area contributed by atoms with Crippen molar-refractivity contribution >= 4 is 46.7 Å². The van der Waals surface area contributed by atoms with Crippen LogP contribution in [-0.4, -0.2) is 52.2 Å². The monoisotopic (exact) mass is 541 g/mol. The standard InChI is InChI=1S/C18H15Cl3F5NO6/c1-4-11(30-14(28)5-6(22)8(24)10(26)9(25)7(5)23)12-13(33-17(2,3)32-12)15(29-4)31-16(27)18(19,20)21/h4,11-13,15,27H,1-3H3/t4-,11-,12+,13+,15-/m0/s1. The largest absolute Gasteiger partial charge is 0.453 e. The minimum Gasteiger partial charge on any atom is -0.453 e. The molecule has 2 aliphatic rings. The zero-order valence-corrected chi connectivity index (χ0v) is 19.1. The van der Waals surface area contributed by atoms with E-state index in [0.29, 0.717) is 0 Å². The minimum absolute atomic E-state index is 0.825. The third kappa shape index (κ3) is 5.01. The summed E-state index contributed by atoms with van der Waals surface area (Å²) in [5, 5.41) is 7.71. The van der Waals surface area contributed by atoms with Crippen LogP contribution in [0.5, 0.6) is 0 Å². The van der Waals surface area contributed by atoms with Crippen molar-refractivity contribution in [3.05, 3.63) is 34.6 Å². The van der Waals surface area contributed by atoms with Crippen LogP contribution in [0, 0.1) is 34.5 Å². The molecule has 0 unspecified atom stereocenters. The van der Waals surface area contributed by atoms with E-state index in [-0.39, 0.29) is 0 Å². The van der Waals surface area contributed by atoms with Crippen molar-refractivity contribution in [2.24, 2.45) is 0 Å². The molecule has 0 amide bonds. The highest BCUT2D eigenvalue weighted by atomic mass is 35.6. The molecule has 1 aromatic carbocycles. The summed E-state index contributed by atoms with van der Waals surface area (Å²) in [6.45, 7) is 4.27. The molecule has 2 heterocycles. The Bertz CT molecular complexity index is 962. The molecule has 2 saturated heterocycles. The SMILES string of the molecule is C[C@@H]1O[C@@H](OC(=N)C(Cl)(Cl)Cl)[C@@H]2OC(C)(C)O[C@@H]2[C@H]1OC(=O)c1c(F)c(F)c(F)c(F)c1F. The van der Waals surface area contributed by atoms with Gasteiger partial charge in [-0.3, -0.25) is 5.41 Å². The molecule has 0 aliphatic carbocycles. The highest BCUT2D eigenvalue weighted by Gasteiger charge is 2.57. The first kappa shape index (κ1) is 26.2. The van der Waals surface area contributed by atoms with Crippen LogP contribution >= 0.6 is 34.8 Å². The Kier molecular flexibility index (Phi) is 7.11. The summed E-state index contributed by atoms with van der Waals surface area (Å²) in [5.74, 6) is -15.8. The van der Waals surface area contributed by atoms with Gasteiger partial charge in [-0.15, -0.1) is 0 Å². The number of halogens is 8. The van der Waals surface area contributed by atoms with Crippen LogP contribution in [0.1, 0.15) is 31.1 Å². The van der Waals surface area contributed by atoms with E-state index < -0.39 is 86.8 Å². The van der Waals surface area contributed by atoms with Crippen molar-refractivity contribution < 1.29 is 50.4 Å². The van der Waals surface area contributed by atoms with Crippen LogP contribution < -0.4 is 0 Å². The maximum absolute atomic E-state index is 14.0. The van der Waals surface area contributed by atoms with Crippen LogP contribution in [0.3, 0.4) is 0 Å². The number of fused-ring (bicyclic) bond motifs is 1. The molecule has 0 saturated carbocycles. The number of ether oxygens (including phenoxy) is 5. The Labute approximate surface area is 198 Å². The van der Waals surface area contributed by atoms with Crippen molar-refractivity contribution in [3.63, 3.8) is 0 Å². The van der Waals surface area contributed by atoms with Crippen LogP contribution in [0.25, 0.3) is 0 Å². The van der Waals surface area contributed by atoms with Gasteiger partial charge in [0.2, 0.25) is 18.0 Å². The maximum Gasteiger partial charge on any atom is 0.344 e. The van der Waals surface area contributed by atoms with Gasteiger partial charge in [0.25, 0.3) is 3.79 Å². The highest BCUT2D eigenvalue weighted by molar-refractivity contribution is 6.76. The minimum atomic E-state index is -2.43. The van der Waals surface area contributed by atoms with Gasteiger partial charge in [0, 0.05) is 0 Å². The molecule has 0 spiro atoms. The Balaban J connectivity index is 1.90. The lowest BCUT2D eigenvalue weighted by Crippen LogP contribution is -2.58. The molecule has 0 radical (unpaired) electrons. The summed E-state index contributed by atoms with van der Waals surface area (Å²) < 4.78 is 93.2.